The van der Waals surface area contributed by atoms with E-state index in [9.17, 15) is 5.11 Å². The van der Waals surface area contributed by atoms with Gasteiger partial charge in [-0.1, -0.05) is 0 Å². The Bertz CT molecular complexity index is 429. The number of aromatic hydroxyl groups is 1. The van der Waals surface area contributed by atoms with E-state index in [0.29, 0.717) is 5.75 Å². The fourth-order valence-electron chi connectivity index (χ4n) is 2.66. The van der Waals surface area contributed by atoms with Crippen molar-refractivity contribution in [2.75, 3.05) is 0 Å². The first-order valence-electron chi connectivity index (χ1n) is 6.35. The molecule has 1 atom stereocenters. The minimum Gasteiger partial charge on any atom is -0.508 e. The molecule has 1 aromatic rings. The zero-order chi connectivity index (χ0) is 13.6. The summed E-state index contributed by atoms with van der Waals surface area (Å²) in [5, 5.41) is 9.59. The molecular formula is C15H22O3. The van der Waals surface area contributed by atoms with Gasteiger partial charge in [0.1, 0.15) is 23.2 Å². The second kappa shape index (κ2) is 4.16. The number of phenols is 1. The van der Waals surface area contributed by atoms with Gasteiger partial charge in [0.25, 0.3) is 0 Å². The van der Waals surface area contributed by atoms with Gasteiger partial charge >= 0.3 is 0 Å². The summed E-state index contributed by atoms with van der Waals surface area (Å²) < 4.78 is 12.0. The highest BCUT2D eigenvalue weighted by Gasteiger charge is 2.47. The third-order valence-electron chi connectivity index (χ3n) is 3.31. The van der Waals surface area contributed by atoms with Crippen molar-refractivity contribution in [2.24, 2.45) is 0 Å². The Hall–Kier alpha value is -1.22. The van der Waals surface area contributed by atoms with E-state index >= 15 is 0 Å². The lowest BCUT2D eigenvalue weighted by Crippen LogP contribution is -2.36. The molecule has 0 bridgehead atoms. The largest absolute Gasteiger partial charge is 0.508 e. The molecule has 1 unspecified atom stereocenters. The quantitative estimate of drug-likeness (QED) is 0.874. The summed E-state index contributed by atoms with van der Waals surface area (Å²) >= 11 is 0. The van der Waals surface area contributed by atoms with Crippen LogP contribution in [0.3, 0.4) is 0 Å². The second-order valence-corrected chi connectivity index (χ2v) is 6.28. The van der Waals surface area contributed by atoms with Crippen molar-refractivity contribution in [3.8, 4) is 11.5 Å². The molecule has 0 aliphatic carbocycles. The maximum Gasteiger partial charge on any atom is 0.130 e. The highest BCUT2D eigenvalue weighted by atomic mass is 16.6. The van der Waals surface area contributed by atoms with Crippen LogP contribution in [0.5, 0.6) is 11.5 Å². The molecule has 3 heteroatoms. The highest BCUT2D eigenvalue weighted by Crippen LogP contribution is 2.39. The molecule has 1 N–H and O–H groups in total. The van der Waals surface area contributed by atoms with Crippen molar-refractivity contribution in [3.05, 3.63) is 23.8 Å². The number of hydrogen-bond donors (Lipinski definition) is 1. The van der Waals surface area contributed by atoms with Gasteiger partial charge in [0.2, 0.25) is 0 Å². The molecular weight excluding hydrogens is 228 g/mol. The average molecular weight is 250 g/mol. The third-order valence-corrected chi connectivity index (χ3v) is 3.31. The minimum atomic E-state index is -0.317. The van der Waals surface area contributed by atoms with Crippen molar-refractivity contribution < 1.29 is 14.6 Å². The van der Waals surface area contributed by atoms with Crippen molar-refractivity contribution >= 4 is 0 Å². The van der Waals surface area contributed by atoms with Gasteiger partial charge in [-0.05, 0) is 52.3 Å². The van der Waals surface area contributed by atoms with E-state index in [0.717, 1.165) is 12.0 Å². The van der Waals surface area contributed by atoms with Crippen LogP contribution in [-0.2, 0) is 4.74 Å². The molecule has 1 heterocycles. The molecule has 0 amide bonds. The monoisotopic (exact) mass is 250 g/mol. The van der Waals surface area contributed by atoms with Gasteiger partial charge in [-0.25, -0.2) is 0 Å². The molecule has 100 valence electrons. The molecule has 0 saturated carbocycles. The maximum atomic E-state index is 9.59. The lowest BCUT2D eigenvalue weighted by atomic mass is 9.97. The molecule has 1 aliphatic heterocycles. The molecule has 0 radical (unpaired) electrons. The summed E-state index contributed by atoms with van der Waals surface area (Å²) in [4.78, 5) is 0. The Morgan fingerprint density at radius 3 is 2.39 bits per heavy atom. The standard InChI is InChI=1S/C15H22O3/c1-10-6-11(16)8-12(7-10)17-13-9-14(2,3)18-15(13,4)5/h6-8,13,16H,9H2,1-5H3. The van der Waals surface area contributed by atoms with E-state index in [1.807, 2.05) is 26.8 Å². The van der Waals surface area contributed by atoms with E-state index < -0.39 is 0 Å². The Labute approximate surface area is 109 Å². The summed E-state index contributed by atoms with van der Waals surface area (Å²) in [6.45, 7) is 10.2. The van der Waals surface area contributed by atoms with Crippen LogP contribution in [0, 0.1) is 6.92 Å². The third kappa shape index (κ3) is 2.78. The van der Waals surface area contributed by atoms with Crippen molar-refractivity contribution in [3.63, 3.8) is 0 Å². The van der Waals surface area contributed by atoms with Gasteiger partial charge < -0.3 is 14.6 Å². The van der Waals surface area contributed by atoms with Crippen LogP contribution >= 0.6 is 0 Å². The van der Waals surface area contributed by atoms with Crippen LogP contribution in [0.25, 0.3) is 0 Å². The van der Waals surface area contributed by atoms with E-state index in [1.54, 1.807) is 12.1 Å². The predicted molar refractivity (Wildman–Crippen MR) is 71.1 cm³/mol. The first-order valence-corrected chi connectivity index (χ1v) is 6.35. The smallest absolute Gasteiger partial charge is 0.130 e. The van der Waals surface area contributed by atoms with Crippen LogP contribution in [-0.4, -0.2) is 22.4 Å². The average Bonchev–Trinajstić information content (AvgIpc) is 2.31. The molecule has 0 spiro atoms. The van der Waals surface area contributed by atoms with Crippen molar-refractivity contribution in [2.45, 2.75) is 58.3 Å². The number of rotatable bonds is 2. The number of benzene rings is 1. The summed E-state index contributed by atoms with van der Waals surface area (Å²) in [5.74, 6) is 0.938. The van der Waals surface area contributed by atoms with Crippen molar-refractivity contribution in [1.82, 2.24) is 0 Å². The van der Waals surface area contributed by atoms with E-state index in [2.05, 4.69) is 13.8 Å². The first kappa shape index (κ1) is 13.2. The molecule has 1 aliphatic rings. The number of ether oxygens (including phenoxy) is 2. The molecule has 1 aromatic carbocycles. The lowest BCUT2D eigenvalue weighted by molar-refractivity contribution is -0.0846. The molecule has 1 fully saturated rings. The zero-order valence-corrected chi connectivity index (χ0v) is 11.8. The van der Waals surface area contributed by atoms with Crippen LogP contribution in [0.4, 0.5) is 0 Å². The first-order chi connectivity index (χ1) is 8.18. The predicted octanol–water partition coefficient (Wildman–Crippen LogP) is 3.43. The second-order valence-electron chi connectivity index (χ2n) is 6.28. The Balaban J connectivity index is 2.19. The van der Waals surface area contributed by atoms with E-state index in [1.165, 1.54) is 0 Å². The van der Waals surface area contributed by atoms with Gasteiger partial charge in [0.05, 0.1) is 5.60 Å². The van der Waals surface area contributed by atoms with E-state index in [-0.39, 0.29) is 23.1 Å². The van der Waals surface area contributed by atoms with Gasteiger partial charge in [-0.3, -0.25) is 0 Å². The van der Waals surface area contributed by atoms with Crippen LogP contribution in [0.15, 0.2) is 18.2 Å². The number of aryl methyl sites for hydroxylation is 1. The SMILES string of the molecule is Cc1cc(O)cc(OC2CC(C)(C)OC2(C)C)c1. The Kier molecular flexibility index (Phi) is 3.06. The zero-order valence-electron chi connectivity index (χ0n) is 11.8. The normalized spacial score (nSPS) is 25.1. The lowest BCUT2D eigenvalue weighted by Gasteiger charge is -2.27. The maximum absolute atomic E-state index is 9.59. The number of hydrogen-bond acceptors (Lipinski definition) is 3. The Morgan fingerprint density at radius 2 is 1.89 bits per heavy atom. The fourth-order valence-corrected chi connectivity index (χ4v) is 2.66. The molecule has 2 rings (SSSR count). The summed E-state index contributed by atoms with van der Waals surface area (Å²) in [6.07, 6.45) is 0.836. The van der Waals surface area contributed by atoms with Crippen LogP contribution < -0.4 is 4.74 Å². The van der Waals surface area contributed by atoms with Gasteiger partial charge in [-0.15, -0.1) is 0 Å². The van der Waals surface area contributed by atoms with E-state index in [4.69, 9.17) is 9.47 Å². The fraction of sp³-hybridized carbons (Fsp3) is 0.600. The van der Waals surface area contributed by atoms with Gasteiger partial charge in [-0.2, -0.15) is 0 Å². The number of phenolic OH excluding ortho intramolecular Hbond substituents is 1. The summed E-state index contributed by atoms with van der Waals surface area (Å²) in [7, 11) is 0. The minimum absolute atomic E-state index is 0.00583. The molecule has 18 heavy (non-hydrogen) atoms. The van der Waals surface area contributed by atoms with Gasteiger partial charge in [0.15, 0.2) is 0 Å². The van der Waals surface area contributed by atoms with Gasteiger partial charge in [0, 0.05) is 12.5 Å². The highest BCUT2D eigenvalue weighted by molar-refractivity contribution is 5.37. The van der Waals surface area contributed by atoms with Crippen LogP contribution in [0.2, 0.25) is 0 Å². The molecule has 3 nitrogen and oxygen atoms in total. The summed E-state index contributed by atoms with van der Waals surface area (Å²) in [6, 6.07) is 5.29. The molecule has 1 saturated heterocycles. The summed E-state index contributed by atoms with van der Waals surface area (Å²) in [5.41, 5.74) is 0.504. The Morgan fingerprint density at radius 1 is 1.22 bits per heavy atom. The topological polar surface area (TPSA) is 38.7 Å². The van der Waals surface area contributed by atoms with Crippen LogP contribution in [0.1, 0.15) is 39.7 Å². The molecule has 0 aromatic heterocycles. The van der Waals surface area contributed by atoms with Crippen molar-refractivity contribution in [1.29, 1.82) is 0 Å².